The van der Waals surface area contributed by atoms with Gasteiger partial charge < -0.3 is 9.64 Å². The summed E-state index contributed by atoms with van der Waals surface area (Å²) >= 11 is 7.96. The second-order valence-corrected chi connectivity index (χ2v) is 8.04. The highest BCUT2D eigenvalue weighted by Gasteiger charge is 2.24. The molecule has 0 bridgehead atoms. The Balaban J connectivity index is 2.00. The molecule has 1 amide bonds. The predicted octanol–water partition coefficient (Wildman–Crippen LogP) is 4.32. The van der Waals surface area contributed by atoms with E-state index in [1.54, 1.807) is 0 Å². The molecule has 0 saturated carbocycles. The summed E-state index contributed by atoms with van der Waals surface area (Å²) in [6.07, 6.45) is 0. The number of benzene rings is 1. The van der Waals surface area contributed by atoms with Gasteiger partial charge in [0.15, 0.2) is 0 Å². The summed E-state index contributed by atoms with van der Waals surface area (Å²) < 4.78 is 6.38. The fraction of sp³-hybridized carbons (Fsp3) is 0.471. The number of halogens is 1. The molecule has 0 aliphatic carbocycles. The van der Waals surface area contributed by atoms with E-state index in [4.69, 9.17) is 16.3 Å². The van der Waals surface area contributed by atoms with Crippen LogP contribution < -0.4 is 0 Å². The maximum atomic E-state index is 12.7. The van der Waals surface area contributed by atoms with E-state index in [0.717, 1.165) is 10.1 Å². The van der Waals surface area contributed by atoms with Crippen LogP contribution >= 0.6 is 22.9 Å². The smallest absolute Gasteiger partial charge is 0.265 e. The number of carbonyl (C=O) groups excluding carboxylic acids is 1. The molecule has 5 heteroatoms. The van der Waals surface area contributed by atoms with Crippen molar-refractivity contribution < 1.29 is 9.53 Å². The normalized spacial score (nSPS) is 16.3. The first-order valence-corrected chi connectivity index (χ1v) is 8.67. The fourth-order valence-electron chi connectivity index (χ4n) is 2.58. The van der Waals surface area contributed by atoms with Gasteiger partial charge >= 0.3 is 0 Å². The van der Waals surface area contributed by atoms with Crippen LogP contribution in [0.5, 0.6) is 0 Å². The quantitative estimate of drug-likeness (QED) is 0.775. The zero-order chi connectivity index (χ0) is 15.9. The molecule has 2 aromatic rings. The van der Waals surface area contributed by atoms with Gasteiger partial charge in [0, 0.05) is 23.2 Å². The number of hydrogen-bond acceptors (Lipinski definition) is 3. The third-order valence-electron chi connectivity index (χ3n) is 3.99. The molecule has 118 valence electrons. The van der Waals surface area contributed by atoms with Crippen molar-refractivity contribution in [3.63, 3.8) is 0 Å². The molecule has 1 aromatic carbocycles. The van der Waals surface area contributed by atoms with Gasteiger partial charge in [0.05, 0.1) is 18.2 Å². The Morgan fingerprint density at radius 1 is 1.27 bits per heavy atom. The first-order valence-electron chi connectivity index (χ1n) is 7.47. The van der Waals surface area contributed by atoms with Crippen LogP contribution in [0.3, 0.4) is 0 Å². The third-order valence-corrected chi connectivity index (χ3v) is 5.63. The monoisotopic (exact) mass is 337 g/mol. The van der Waals surface area contributed by atoms with Crippen molar-refractivity contribution in [2.75, 3.05) is 26.3 Å². The number of amides is 1. The zero-order valence-corrected chi connectivity index (χ0v) is 14.7. The van der Waals surface area contributed by atoms with E-state index in [0.29, 0.717) is 36.2 Å². The van der Waals surface area contributed by atoms with Crippen LogP contribution in [-0.2, 0) is 10.2 Å². The molecule has 2 heterocycles. The van der Waals surface area contributed by atoms with Crippen LogP contribution in [0.1, 0.15) is 36.0 Å². The highest BCUT2D eigenvalue weighted by Crippen LogP contribution is 2.38. The average molecular weight is 338 g/mol. The van der Waals surface area contributed by atoms with Gasteiger partial charge in [-0.2, -0.15) is 0 Å². The highest BCUT2D eigenvalue weighted by atomic mass is 35.5. The summed E-state index contributed by atoms with van der Waals surface area (Å²) in [5, 5.41) is 1.55. The van der Waals surface area contributed by atoms with Crippen LogP contribution in [0.2, 0.25) is 5.02 Å². The lowest BCUT2D eigenvalue weighted by molar-refractivity contribution is 0.0306. The molecule has 3 nitrogen and oxygen atoms in total. The average Bonchev–Trinajstić information content (AvgIpc) is 2.83. The standard InChI is InChI=1S/C17H20ClNO2S/c1-17(2,3)11-4-5-12-13(10-11)22-15(14(12)18)16(20)19-6-8-21-9-7-19/h4-5,10H,6-9H2,1-3H3. The molecule has 1 aliphatic heterocycles. The van der Waals surface area contributed by atoms with Crippen LogP contribution in [0.25, 0.3) is 10.1 Å². The van der Waals surface area contributed by atoms with Crippen LogP contribution in [0.4, 0.5) is 0 Å². The number of thiophene rings is 1. The molecule has 22 heavy (non-hydrogen) atoms. The number of nitrogens with zero attached hydrogens (tertiary/aromatic N) is 1. The van der Waals surface area contributed by atoms with Crippen molar-refractivity contribution in [3.05, 3.63) is 33.7 Å². The molecule has 0 atom stereocenters. The lowest BCUT2D eigenvalue weighted by atomic mass is 9.87. The fourth-order valence-corrected chi connectivity index (χ4v) is 4.10. The number of morpholine rings is 1. The van der Waals surface area contributed by atoms with Crippen molar-refractivity contribution in [2.24, 2.45) is 0 Å². The SMILES string of the molecule is CC(C)(C)c1ccc2c(Cl)c(C(=O)N3CCOCC3)sc2c1. The number of fused-ring (bicyclic) bond motifs is 1. The molecular formula is C17H20ClNO2S. The second-order valence-electron chi connectivity index (χ2n) is 6.61. The van der Waals surface area contributed by atoms with Crippen molar-refractivity contribution in [1.82, 2.24) is 4.90 Å². The number of rotatable bonds is 1. The Morgan fingerprint density at radius 2 is 1.95 bits per heavy atom. The summed E-state index contributed by atoms with van der Waals surface area (Å²) in [5.41, 5.74) is 1.34. The highest BCUT2D eigenvalue weighted by molar-refractivity contribution is 7.21. The Hall–Kier alpha value is -1.10. The van der Waals surface area contributed by atoms with E-state index < -0.39 is 0 Å². The van der Waals surface area contributed by atoms with Crippen LogP contribution in [0.15, 0.2) is 18.2 Å². The molecule has 0 radical (unpaired) electrons. The second kappa shape index (κ2) is 5.84. The molecule has 0 unspecified atom stereocenters. The van der Waals surface area contributed by atoms with E-state index in [2.05, 4.69) is 32.9 Å². The Morgan fingerprint density at radius 3 is 2.59 bits per heavy atom. The van der Waals surface area contributed by atoms with E-state index in [1.807, 2.05) is 11.0 Å². The van der Waals surface area contributed by atoms with Crippen molar-refractivity contribution in [3.8, 4) is 0 Å². The zero-order valence-electron chi connectivity index (χ0n) is 13.1. The summed E-state index contributed by atoms with van der Waals surface area (Å²) in [4.78, 5) is 15.1. The number of hydrogen-bond donors (Lipinski definition) is 0. The van der Waals surface area contributed by atoms with Gasteiger partial charge in [-0.1, -0.05) is 44.5 Å². The summed E-state index contributed by atoms with van der Waals surface area (Å²) in [6, 6.07) is 6.29. The van der Waals surface area contributed by atoms with Crippen molar-refractivity contribution in [2.45, 2.75) is 26.2 Å². The minimum Gasteiger partial charge on any atom is -0.378 e. The summed E-state index contributed by atoms with van der Waals surface area (Å²) in [6.45, 7) is 9.02. The molecule has 3 rings (SSSR count). The Labute approximate surface area is 139 Å². The minimum atomic E-state index is 0.0202. The van der Waals surface area contributed by atoms with E-state index >= 15 is 0 Å². The first kappa shape index (κ1) is 15.8. The van der Waals surface area contributed by atoms with Crippen LogP contribution in [0, 0.1) is 0 Å². The first-order chi connectivity index (χ1) is 10.4. The Bertz CT molecular complexity index is 711. The molecule has 1 fully saturated rings. The maximum absolute atomic E-state index is 12.7. The van der Waals surface area contributed by atoms with Gasteiger partial charge in [0.2, 0.25) is 0 Å². The molecule has 0 N–H and O–H groups in total. The largest absolute Gasteiger partial charge is 0.378 e. The lowest BCUT2D eigenvalue weighted by Crippen LogP contribution is -2.40. The van der Waals surface area contributed by atoms with Gasteiger partial charge in [0.25, 0.3) is 5.91 Å². The molecule has 1 aromatic heterocycles. The molecule has 1 aliphatic rings. The number of carbonyl (C=O) groups is 1. The topological polar surface area (TPSA) is 29.5 Å². The Kier molecular flexibility index (Phi) is 4.19. The molecule has 0 spiro atoms. The molecule has 1 saturated heterocycles. The number of ether oxygens (including phenoxy) is 1. The lowest BCUT2D eigenvalue weighted by Gasteiger charge is -2.26. The van der Waals surface area contributed by atoms with Crippen LogP contribution in [-0.4, -0.2) is 37.1 Å². The third kappa shape index (κ3) is 2.87. The van der Waals surface area contributed by atoms with Crippen molar-refractivity contribution >= 4 is 38.9 Å². The van der Waals surface area contributed by atoms with E-state index in [1.165, 1.54) is 16.9 Å². The van der Waals surface area contributed by atoms with Gasteiger partial charge in [-0.15, -0.1) is 11.3 Å². The van der Waals surface area contributed by atoms with Crippen molar-refractivity contribution in [1.29, 1.82) is 0 Å². The van der Waals surface area contributed by atoms with E-state index in [9.17, 15) is 4.79 Å². The summed E-state index contributed by atoms with van der Waals surface area (Å²) in [7, 11) is 0. The maximum Gasteiger partial charge on any atom is 0.265 e. The van der Waals surface area contributed by atoms with Gasteiger partial charge in [-0.05, 0) is 17.0 Å². The van der Waals surface area contributed by atoms with E-state index in [-0.39, 0.29) is 11.3 Å². The summed E-state index contributed by atoms with van der Waals surface area (Å²) in [5.74, 6) is 0.0202. The van der Waals surface area contributed by atoms with Gasteiger partial charge in [-0.3, -0.25) is 4.79 Å². The molecular weight excluding hydrogens is 318 g/mol. The predicted molar refractivity (Wildman–Crippen MR) is 92.3 cm³/mol. The minimum absolute atomic E-state index is 0.0202. The van der Waals surface area contributed by atoms with Gasteiger partial charge in [0.1, 0.15) is 4.88 Å². The van der Waals surface area contributed by atoms with Gasteiger partial charge in [-0.25, -0.2) is 0 Å².